The van der Waals surface area contributed by atoms with E-state index in [1.54, 1.807) is 0 Å². The highest BCUT2D eigenvalue weighted by atomic mass is 32.2. The lowest BCUT2D eigenvalue weighted by molar-refractivity contribution is -0.134. The normalized spacial score (nSPS) is 12.4. The Morgan fingerprint density at radius 2 is 1.93 bits per heavy atom. The summed E-state index contributed by atoms with van der Waals surface area (Å²) >= 11 is 0. The molecule has 0 heterocycles. The lowest BCUT2D eigenvalue weighted by atomic mass is 10.1. The highest BCUT2D eigenvalue weighted by molar-refractivity contribution is 7.89. The van der Waals surface area contributed by atoms with Gasteiger partial charge >= 0.3 is 5.97 Å². The minimum atomic E-state index is -3.62. The summed E-state index contributed by atoms with van der Waals surface area (Å²) in [5, 5.41) is 8.37. The molecule has 0 saturated carbocycles. The molecule has 6 heteroatoms. The van der Waals surface area contributed by atoms with Gasteiger partial charge in [0.15, 0.2) is 5.75 Å². The molecular weight excluding hydrogens is 206 g/mol. The molecule has 14 heavy (non-hydrogen) atoms. The topological polar surface area (TPSA) is 74.7 Å². The van der Waals surface area contributed by atoms with E-state index in [2.05, 4.69) is 0 Å². The van der Waals surface area contributed by atoms with Crippen LogP contribution >= 0.6 is 0 Å². The van der Waals surface area contributed by atoms with E-state index in [0.717, 1.165) is 10.7 Å². The van der Waals surface area contributed by atoms with Gasteiger partial charge in [-0.05, 0) is 12.3 Å². The van der Waals surface area contributed by atoms with Crippen LogP contribution in [0.3, 0.4) is 0 Å². The molecule has 0 saturated heterocycles. The first-order chi connectivity index (χ1) is 6.25. The SMILES string of the molecule is CC(C)CCN(C)S(=O)(=O)CC(=O)O. The zero-order valence-corrected chi connectivity index (χ0v) is 9.54. The van der Waals surface area contributed by atoms with Gasteiger partial charge in [-0.3, -0.25) is 4.79 Å². The molecule has 0 aliphatic rings. The Labute approximate surface area is 84.8 Å². The van der Waals surface area contributed by atoms with Crippen molar-refractivity contribution in [2.75, 3.05) is 19.3 Å². The maximum Gasteiger partial charge on any atom is 0.320 e. The van der Waals surface area contributed by atoms with Crippen LogP contribution in [0.1, 0.15) is 20.3 Å². The minimum absolute atomic E-state index is 0.368. The van der Waals surface area contributed by atoms with Crippen molar-refractivity contribution in [3.05, 3.63) is 0 Å². The summed E-state index contributed by atoms with van der Waals surface area (Å²) in [4.78, 5) is 10.3. The maximum atomic E-state index is 11.3. The van der Waals surface area contributed by atoms with Crippen molar-refractivity contribution in [1.29, 1.82) is 0 Å². The summed E-state index contributed by atoms with van der Waals surface area (Å²) in [5.41, 5.74) is 0. The minimum Gasteiger partial charge on any atom is -0.480 e. The van der Waals surface area contributed by atoms with Crippen molar-refractivity contribution in [3.8, 4) is 0 Å². The van der Waals surface area contributed by atoms with Crippen molar-refractivity contribution in [3.63, 3.8) is 0 Å². The molecule has 5 nitrogen and oxygen atoms in total. The molecule has 1 N–H and O–H groups in total. The maximum absolute atomic E-state index is 11.3. The van der Waals surface area contributed by atoms with Crippen molar-refractivity contribution in [2.24, 2.45) is 5.92 Å². The number of rotatable bonds is 6. The lowest BCUT2D eigenvalue weighted by Crippen LogP contribution is -2.33. The van der Waals surface area contributed by atoms with Gasteiger partial charge in [0.25, 0.3) is 0 Å². The molecule has 0 fully saturated rings. The summed E-state index contributed by atoms with van der Waals surface area (Å²) in [5.74, 6) is -1.75. The van der Waals surface area contributed by atoms with Gasteiger partial charge in [0.1, 0.15) is 0 Å². The van der Waals surface area contributed by atoms with E-state index >= 15 is 0 Å². The van der Waals surface area contributed by atoms with E-state index < -0.39 is 21.7 Å². The molecule has 0 aromatic rings. The van der Waals surface area contributed by atoms with Crippen LogP contribution in [0, 0.1) is 5.92 Å². The van der Waals surface area contributed by atoms with E-state index in [1.165, 1.54) is 7.05 Å². The fraction of sp³-hybridized carbons (Fsp3) is 0.875. The van der Waals surface area contributed by atoms with Crippen LogP contribution in [0.15, 0.2) is 0 Å². The highest BCUT2D eigenvalue weighted by Gasteiger charge is 2.21. The van der Waals surface area contributed by atoms with Crippen LogP contribution in [0.4, 0.5) is 0 Å². The molecule has 0 aliphatic heterocycles. The number of carboxylic acids is 1. The standard InChI is InChI=1S/C8H17NO4S/c1-7(2)4-5-9(3)14(12,13)6-8(10)11/h7H,4-6H2,1-3H3,(H,10,11). The van der Waals surface area contributed by atoms with Gasteiger partial charge in [0, 0.05) is 13.6 Å². The third-order valence-corrected chi connectivity index (χ3v) is 3.55. The zero-order valence-electron chi connectivity index (χ0n) is 8.73. The second-order valence-corrected chi connectivity index (χ2v) is 5.73. The van der Waals surface area contributed by atoms with Gasteiger partial charge in [-0.1, -0.05) is 13.8 Å². The summed E-state index contributed by atoms with van der Waals surface area (Å²) in [6, 6.07) is 0. The fourth-order valence-corrected chi connectivity index (χ4v) is 1.76. The molecule has 0 radical (unpaired) electrons. The third kappa shape index (κ3) is 5.18. The number of carbonyl (C=O) groups is 1. The van der Waals surface area contributed by atoms with Gasteiger partial charge in [-0.2, -0.15) is 0 Å². The van der Waals surface area contributed by atoms with Crippen LogP contribution in [0.5, 0.6) is 0 Å². The molecule has 0 rings (SSSR count). The van der Waals surface area contributed by atoms with Crippen LogP contribution in [0.2, 0.25) is 0 Å². The van der Waals surface area contributed by atoms with Crippen molar-refractivity contribution < 1.29 is 18.3 Å². The van der Waals surface area contributed by atoms with Crippen LogP contribution in [-0.4, -0.2) is 43.1 Å². The second kappa shape index (κ2) is 5.31. The lowest BCUT2D eigenvalue weighted by Gasteiger charge is -2.16. The molecular formula is C8H17NO4S. The molecule has 0 atom stereocenters. The number of aliphatic carboxylic acids is 1. The first-order valence-corrected chi connectivity index (χ1v) is 6.02. The first-order valence-electron chi connectivity index (χ1n) is 4.41. The number of carboxylic acid groups (broad SMARTS) is 1. The quantitative estimate of drug-likeness (QED) is 0.706. The summed E-state index contributed by atoms with van der Waals surface area (Å²) < 4.78 is 23.7. The molecule has 0 spiro atoms. The Morgan fingerprint density at radius 3 is 2.29 bits per heavy atom. The molecule has 0 amide bonds. The van der Waals surface area contributed by atoms with Crippen LogP contribution in [-0.2, 0) is 14.8 Å². The van der Waals surface area contributed by atoms with Crippen molar-refractivity contribution >= 4 is 16.0 Å². The molecule has 0 unspecified atom stereocenters. The Balaban J connectivity index is 4.22. The summed E-state index contributed by atoms with van der Waals surface area (Å²) in [7, 11) is -2.22. The van der Waals surface area contributed by atoms with Gasteiger partial charge in [0.2, 0.25) is 10.0 Å². The highest BCUT2D eigenvalue weighted by Crippen LogP contribution is 2.04. The Hall–Kier alpha value is -0.620. The number of nitrogens with zero attached hydrogens (tertiary/aromatic N) is 1. The Morgan fingerprint density at radius 1 is 1.43 bits per heavy atom. The van der Waals surface area contributed by atoms with Crippen LogP contribution < -0.4 is 0 Å². The van der Waals surface area contributed by atoms with Gasteiger partial charge < -0.3 is 5.11 Å². The average Bonchev–Trinajstić information content (AvgIpc) is 1.97. The molecule has 0 aliphatic carbocycles. The summed E-state index contributed by atoms with van der Waals surface area (Å²) in [6.45, 7) is 4.34. The van der Waals surface area contributed by atoms with E-state index in [-0.39, 0.29) is 0 Å². The van der Waals surface area contributed by atoms with E-state index in [9.17, 15) is 13.2 Å². The smallest absolute Gasteiger partial charge is 0.320 e. The molecule has 0 aromatic heterocycles. The molecule has 0 bridgehead atoms. The average molecular weight is 223 g/mol. The van der Waals surface area contributed by atoms with E-state index in [4.69, 9.17) is 5.11 Å². The second-order valence-electron chi connectivity index (χ2n) is 3.65. The van der Waals surface area contributed by atoms with E-state index in [1.807, 2.05) is 13.8 Å². The Kier molecular flexibility index (Phi) is 5.07. The first kappa shape index (κ1) is 13.4. The Bertz CT molecular complexity index is 284. The zero-order chi connectivity index (χ0) is 11.4. The van der Waals surface area contributed by atoms with Gasteiger partial charge in [-0.25, -0.2) is 12.7 Å². The van der Waals surface area contributed by atoms with Gasteiger partial charge in [0.05, 0.1) is 0 Å². The monoisotopic (exact) mass is 223 g/mol. The third-order valence-electron chi connectivity index (χ3n) is 1.80. The van der Waals surface area contributed by atoms with Crippen LogP contribution in [0.25, 0.3) is 0 Å². The predicted octanol–water partition coefficient (Wildman–Crippen LogP) is 0.379. The fourth-order valence-electron chi connectivity index (χ4n) is 0.845. The van der Waals surface area contributed by atoms with Crippen molar-refractivity contribution in [2.45, 2.75) is 20.3 Å². The van der Waals surface area contributed by atoms with E-state index in [0.29, 0.717) is 12.5 Å². The molecule has 84 valence electrons. The number of hydrogen-bond donors (Lipinski definition) is 1. The largest absolute Gasteiger partial charge is 0.480 e. The molecule has 0 aromatic carbocycles. The number of sulfonamides is 1. The summed E-state index contributed by atoms with van der Waals surface area (Å²) in [6.07, 6.45) is 0.731. The van der Waals surface area contributed by atoms with Gasteiger partial charge in [-0.15, -0.1) is 0 Å². The number of hydrogen-bond acceptors (Lipinski definition) is 3. The van der Waals surface area contributed by atoms with Crippen molar-refractivity contribution in [1.82, 2.24) is 4.31 Å². The predicted molar refractivity (Wildman–Crippen MR) is 53.5 cm³/mol.